The van der Waals surface area contributed by atoms with E-state index in [4.69, 9.17) is 16.3 Å². The lowest BCUT2D eigenvalue weighted by Crippen LogP contribution is -2.37. The molecule has 112 valence electrons. The summed E-state index contributed by atoms with van der Waals surface area (Å²) in [4.78, 5) is 11.7. The molecule has 0 aliphatic carbocycles. The summed E-state index contributed by atoms with van der Waals surface area (Å²) in [5.41, 5.74) is 0.910. The molecule has 0 fully saturated rings. The van der Waals surface area contributed by atoms with Crippen LogP contribution in [0.25, 0.3) is 0 Å². The summed E-state index contributed by atoms with van der Waals surface area (Å²) in [6.07, 6.45) is 1.02. The number of halogens is 1. The zero-order chi connectivity index (χ0) is 15.0. The van der Waals surface area contributed by atoms with Crippen LogP contribution in [0.2, 0.25) is 5.02 Å². The minimum atomic E-state index is -0.193. The van der Waals surface area contributed by atoms with Crippen LogP contribution in [-0.2, 0) is 4.74 Å². The van der Waals surface area contributed by atoms with Gasteiger partial charge in [-0.05, 0) is 38.8 Å². The van der Waals surface area contributed by atoms with Gasteiger partial charge >= 0.3 is 6.03 Å². The summed E-state index contributed by atoms with van der Waals surface area (Å²) in [6, 6.07) is 7.17. The number of benzene rings is 1. The van der Waals surface area contributed by atoms with Crippen LogP contribution in [0.5, 0.6) is 0 Å². The maximum absolute atomic E-state index is 11.7. The van der Waals surface area contributed by atoms with Gasteiger partial charge in [-0.25, -0.2) is 4.79 Å². The van der Waals surface area contributed by atoms with Crippen molar-refractivity contribution < 1.29 is 9.53 Å². The van der Waals surface area contributed by atoms with Gasteiger partial charge in [0.2, 0.25) is 0 Å². The molecule has 1 aromatic rings. The maximum atomic E-state index is 11.7. The van der Waals surface area contributed by atoms with Crippen LogP contribution in [0, 0.1) is 0 Å². The maximum Gasteiger partial charge on any atom is 0.315 e. The Kier molecular flexibility index (Phi) is 7.41. The van der Waals surface area contributed by atoms with E-state index >= 15 is 0 Å². The topological polar surface area (TPSA) is 50.4 Å². The van der Waals surface area contributed by atoms with Crippen molar-refractivity contribution in [3.8, 4) is 0 Å². The van der Waals surface area contributed by atoms with Crippen molar-refractivity contribution in [2.75, 3.05) is 13.2 Å². The Morgan fingerprint density at radius 2 is 2.00 bits per heavy atom. The predicted octanol–water partition coefficient (Wildman–Crippen LogP) is 3.52. The third-order valence-corrected chi connectivity index (χ3v) is 3.12. The number of hydrogen-bond donors (Lipinski definition) is 2. The molecule has 4 nitrogen and oxygen atoms in total. The van der Waals surface area contributed by atoms with Crippen molar-refractivity contribution in [1.29, 1.82) is 0 Å². The fraction of sp³-hybridized carbons (Fsp3) is 0.533. The average Bonchev–Trinajstić information content (AvgIpc) is 2.38. The van der Waals surface area contributed by atoms with Gasteiger partial charge in [0.15, 0.2) is 0 Å². The number of urea groups is 1. The van der Waals surface area contributed by atoms with Gasteiger partial charge in [-0.15, -0.1) is 0 Å². The number of hydrogen-bond acceptors (Lipinski definition) is 2. The Bertz CT molecular complexity index is 424. The summed E-state index contributed by atoms with van der Waals surface area (Å²) in [5, 5.41) is 6.32. The normalized spacial score (nSPS) is 12.2. The molecule has 1 aromatic carbocycles. The van der Waals surface area contributed by atoms with Crippen molar-refractivity contribution in [1.82, 2.24) is 10.6 Å². The summed E-state index contributed by atoms with van der Waals surface area (Å²) in [6.45, 7) is 7.13. The molecule has 0 saturated heterocycles. The van der Waals surface area contributed by atoms with Gasteiger partial charge in [0.05, 0.1) is 12.1 Å². The molecule has 0 aliphatic heterocycles. The van der Waals surface area contributed by atoms with Crippen molar-refractivity contribution >= 4 is 17.6 Å². The molecule has 0 saturated carbocycles. The van der Waals surface area contributed by atoms with Crippen LogP contribution in [0.4, 0.5) is 4.79 Å². The van der Waals surface area contributed by atoms with E-state index in [0.29, 0.717) is 18.2 Å². The SMILES string of the molecule is CC(C)OCCCNC(=O)NC(C)c1ccccc1Cl. The van der Waals surface area contributed by atoms with Gasteiger partial charge in [0, 0.05) is 18.2 Å². The van der Waals surface area contributed by atoms with E-state index < -0.39 is 0 Å². The highest BCUT2D eigenvalue weighted by Crippen LogP contribution is 2.21. The summed E-state index contributed by atoms with van der Waals surface area (Å²) in [5.74, 6) is 0. The van der Waals surface area contributed by atoms with Crippen molar-refractivity contribution in [3.05, 3.63) is 34.9 Å². The molecule has 1 unspecified atom stereocenters. The molecule has 0 bridgehead atoms. The molecule has 0 radical (unpaired) electrons. The Morgan fingerprint density at radius 1 is 1.30 bits per heavy atom. The number of rotatable bonds is 7. The molecule has 1 rings (SSSR count). The summed E-state index contributed by atoms with van der Waals surface area (Å²) in [7, 11) is 0. The number of amides is 2. The second-order valence-electron chi connectivity index (χ2n) is 4.92. The molecular formula is C15H23ClN2O2. The van der Waals surface area contributed by atoms with E-state index in [1.54, 1.807) is 0 Å². The third-order valence-electron chi connectivity index (χ3n) is 2.78. The Hall–Kier alpha value is -1.26. The Balaban J connectivity index is 2.27. The lowest BCUT2D eigenvalue weighted by molar-refractivity contribution is 0.0774. The molecule has 2 amide bonds. The Morgan fingerprint density at radius 3 is 2.65 bits per heavy atom. The van der Waals surface area contributed by atoms with Crippen molar-refractivity contribution in [2.24, 2.45) is 0 Å². The smallest absolute Gasteiger partial charge is 0.315 e. The van der Waals surface area contributed by atoms with Crippen molar-refractivity contribution in [3.63, 3.8) is 0 Å². The average molecular weight is 299 g/mol. The van der Waals surface area contributed by atoms with Gasteiger partial charge in [0.25, 0.3) is 0 Å². The first-order chi connectivity index (χ1) is 9.50. The highest BCUT2D eigenvalue weighted by atomic mass is 35.5. The highest BCUT2D eigenvalue weighted by molar-refractivity contribution is 6.31. The lowest BCUT2D eigenvalue weighted by Gasteiger charge is -2.16. The van der Waals surface area contributed by atoms with Crippen LogP contribution in [0.1, 0.15) is 38.8 Å². The van der Waals surface area contributed by atoms with Crippen LogP contribution in [-0.4, -0.2) is 25.3 Å². The minimum Gasteiger partial charge on any atom is -0.379 e. The molecule has 0 aromatic heterocycles. The standard InChI is InChI=1S/C15H23ClN2O2/c1-11(2)20-10-6-9-17-15(19)18-12(3)13-7-4-5-8-14(13)16/h4-5,7-8,11-12H,6,9-10H2,1-3H3,(H2,17,18,19). The van der Waals surface area contributed by atoms with Crippen molar-refractivity contribution in [2.45, 2.75) is 39.3 Å². The van der Waals surface area contributed by atoms with E-state index in [1.807, 2.05) is 45.0 Å². The monoisotopic (exact) mass is 298 g/mol. The van der Waals surface area contributed by atoms with E-state index in [0.717, 1.165) is 12.0 Å². The summed E-state index contributed by atoms with van der Waals surface area (Å²) >= 11 is 6.09. The molecule has 0 aliphatic rings. The second kappa shape index (κ2) is 8.82. The second-order valence-corrected chi connectivity index (χ2v) is 5.32. The molecular weight excluding hydrogens is 276 g/mol. The number of nitrogens with one attached hydrogen (secondary N) is 2. The first-order valence-corrected chi connectivity index (χ1v) is 7.29. The highest BCUT2D eigenvalue weighted by Gasteiger charge is 2.11. The molecule has 1 atom stereocenters. The fourth-order valence-electron chi connectivity index (χ4n) is 1.74. The van der Waals surface area contributed by atoms with Gasteiger partial charge in [-0.3, -0.25) is 0 Å². The first kappa shape index (κ1) is 16.8. The van der Waals surface area contributed by atoms with E-state index in [2.05, 4.69) is 10.6 Å². The first-order valence-electron chi connectivity index (χ1n) is 6.91. The minimum absolute atomic E-state index is 0.129. The van der Waals surface area contributed by atoms with E-state index in [9.17, 15) is 4.79 Å². The molecule has 0 spiro atoms. The number of ether oxygens (including phenoxy) is 1. The van der Waals surface area contributed by atoms with Crippen LogP contribution >= 0.6 is 11.6 Å². The lowest BCUT2D eigenvalue weighted by atomic mass is 10.1. The Labute approximate surface area is 125 Å². The van der Waals surface area contributed by atoms with Crippen LogP contribution in [0.3, 0.4) is 0 Å². The van der Waals surface area contributed by atoms with Gasteiger partial charge in [0.1, 0.15) is 0 Å². The van der Waals surface area contributed by atoms with Crippen LogP contribution in [0.15, 0.2) is 24.3 Å². The molecule has 0 heterocycles. The van der Waals surface area contributed by atoms with Gasteiger partial charge in [-0.2, -0.15) is 0 Å². The zero-order valence-corrected chi connectivity index (χ0v) is 13.0. The molecule has 20 heavy (non-hydrogen) atoms. The van der Waals surface area contributed by atoms with E-state index in [-0.39, 0.29) is 18.2 Å². The largest absolute Gasteiger partial charge is 0.379 e. The van der Waals surface area contributed by atoms with Crippen LogP contribution < -0.4 is 10.6 Å². The zero-order valence-electron chi connectivity index (χ0n) is 12.3. The van der Waals surface area contributed by atoms with Gasteiger partial charge in [-0.1, -0.05) is 29.8 Å². The predicted molar refractivity (Wildman–Crippen MR) is 82.1 cm³/mol. The van der Waals surface area contributed by atoms with E-state index in [1.165, 1.54) is 0 Å². The third kappa shape index (κ3) is 6.26. The molecule has 5 heteroatoms. The quantitative estimate of drug-likeness (QED) is 0.757. The number of carbonyl (C=O) groups excluding carboxylic acids is 1. The number of carbonyl (C=O) groups is 1. The van der Waals surface area contributed by atoms with Gasteiger partial charge < -0.3 is 15.4 Å². The summed E-state index contributed by atoms with van der Waals surface area (Å²) < 4.78 is 5.40. The molecule has 2 N–H and O–H groups in total. The fourth-order valence-corrected chi connectivity index (χ4v) is 2.04.